The van der Waals surface area contributed by atoms with Gasteiger partial charge in [0.15, 0.2) is 5.82 Å². The molecule has 0 aliphatic heterocycles. The summed E-state index contributed by atoms with van der Waals surface area (Å²) in [5, 5.41) is 3.57. The van der Waals surface area contributed by atoms with E-state index < -0.39 is 18.6 Å². The fraction of sp³-hybridized carbons (Fsp3) is 0.250. The smallest absolute Gasteiger partial charge is 0.296 e. The van der Waals surface area contributed by atoms with Gasteiger partial charge in [-0.15, -0.1) is 0 Å². The second-order valence-corrected chi connectivity index (χ2v) is 3.85. The average Bonchev–Trinajstić information content (AvgIpc) is 2.79. The van der Waals surface area contributed by atoms with Crippen LogP contribution >= 0.6 is 0 Å². The minimum atomic E-state index is -3.05. The van der Waals surface area contributed by atoms with Crippen molar-refractivity contribution in [2.45, 2.75) is 19.3 Å². The third-order valence-corrected chi connectivity index (χ3v) is 2.35. The molecule has 1 aromatic carbocycles. The number of carbonyl (C=O) groups excluding carboxylic acids is 1. The van der Waals surface area contributed by atoms with Gasteiger partial charge in [0.05, 0.1) is 6.42 Å². The Morgan fingerprint density at radius 2 is 1.95 bits per heavy atom. The number of hydrogen-bond donors (Lipinski definition) is 0. The predicted molar refractivity (Wildman–Crippen MR) is 58.2 cm³/mol. The zero-order chi connectivity index (χ0) is 13.8. The Hall–Kier alpha value is -2.18. The standard InChI is InChI=1S/C12H9F3N2O2/c13-8-3-1-7(2-4-8)5-10-16-11(19-17-10)6-9(18)12(14)15/h1-4,12H,5-6H2. The van der Waals surface area contributed by atoms with Gasteiger partial charge in [-0.05, 0) is 17.7 Å². The van der Waals surface area contributed by atoms with E-state index in [0.29, 0.717) is 0 Å². The number of rotatable bonds is 5. The van der Waals surface area contributed by atoms with E-state index in [1.807, 2.05) is 0 Å². The summed E-state index contributed by atoms with van der Waals surface area (Å²) in [6.45, 7) is 0. The molecule has 0 unspecified atom stereocenters. The molecule has 100 valence electrons. The molecule has 0 aliphatic carbocycles. The van der Waals surface area contributed by atoms with Gasteiger partial charge in [0.1, 0.15) is 5.82 Å². The van der Waals surface area contributed by atoms with E-state index in [0.717, 1.165) is 5.56 Å². The van der Waals surface area contributed by atoms with Crippen molar-refractivity contribution in [3.8, 4) is 0 Å². The maximum atomic E-state index is 12.7. The minimum absolute atomic E-state index is 0.151. The van der Waals surface area contributed by atoms with Crippen LogP contribution in [0.25, 0.3) is 0 Å². The Labute approximate surface area is 106 Å². The van der Waals surface area contributed by atoms with Crippen LogP contribution in [0.4, 0.5) is 13.2 Å². The summed E-state index contributed by atoms with van der Waals surface area (Å²) < 4.78 is 41.4. The highest BCUT2D eigenvalue weighted by molar-refractivity contribution is 5.82. The number of benzene rings is 1. The third-order valence-electron chi connectivity index (χ3n) is 2.35. The van der Waals surface area contributed by atoms with Gasteiger partial charge in [-0.2, -0.15) is 4.98 Å². The van der Waals surface area contributed by atoms with Crippen LogP contribution in [-0.2, 0) is 17.6 Å². The zero-order valence-corrected chi connectivity index (χ0v) is 9.65. The van der Waals surface area contributed by atoms with Crippen LogP contribution in [0.15, 0.2) is 28.8 Å². The number of nitrogens with zero attached hydrogens (tertiary/aromatic N) is 2. The maximum absolute atomic E-state index is 12.7. The molecule has 4 nitrogen and oxygen atoms in total. The molecular formula is C12H9F3N2O2. The van der Waals surface area contributed by atoms with Gasteiger partial charge >= 0.3 is 0 Å². The van der Waals surface area contributed by atoms with Crippen molar-refractivity contribution in [2.24, 2.45) is 0 Å². The van der Waals surface area contributed by atoms with E-state index in [2.05, 4.69) is 10.1 Å². The molecule has 0 fully saturated rings. The van der Waals surface area contributed by atoms with Crippen LogP contribution in [0.1, 0.15) is 17.3 Å². The normalized spacial score (nSPS) is 10.9. The molecule has 2 aromatic rings. The van der Waals surface area contributed by atoms with Crippen LogP contribution in [0.3, 0.4) is 0 Å². The molecule has 19 heavy (non-hydrogen) atoms. The minimum Gasteiger partial charge on any atom is -0.339 e. The van der Waals surface area contributed by atoms with Gasteiger partial charge in [0.25, 0.3) is 6.43 Å². The fourth-order valence-corrected chi connectivity index (χ4v) is 1.44. The number of aromatic nitrogens is 2. The van der Waals surface area contributed by atoms with Crippen LogP contribution in [0.5, 0.6) is 0 Å². The molecule has 2 rings (SSSR count). The lowest BCUT2D eigenvalue weighted by Crippen LogP contribution is -2.13. The van der Waals surface area contributed by atoms with Gasteiger partial charge in [-0.1, -0.05) is 17.3 Å². The SMILES string of the molecule is O=C(Cc1nc(Cc2ccc(F)cc2)no1)C(F)F. The highest BCUT2D eigenvalue weighted by atomic mass is 19.3. The van der Waals surface area contributed by atoms with E-state index in [1.54, 1.807) is 12.1 Å². The number of alkyl halides is 2. The topological polar surface area (TPSA) is 56.0 Å². The first-order valence-electron chi connectivity index (χ1n) is 5.41. The van der Waals surface area contributed by atoms with E-state index in [4.69, 9.17) is 4.52 Å². The predicted octanol–water partition coefficient (Wildman–Crippen LogP) is 2.18. The molecule has 0 spiro atoms. The van der Waals surface area contributed by atoms with Crippen LogP contribution in [-0.4, -0.2) is 22.3 Å². The van der Waals surface area contributed by atoms with Crippen molar-refractivity contribution >= 4 is 5.78 Å². The fourth-order valence-electron chi connectivity index (χ4n) is 1.44. The molecule has 0 atom stereocenters. The highest BCUT2D eigenvalue weighted by Gasteiger charge is 2.19. The lowest BCUT2D eigenvalue weighted by Gasteiger charge is -1.95. The summed E-state index contributed by atoms with van der Waals surface area (Å²) >= 11 is 0. The molecule has 0 radical (unpaired) electrons. The van der Waals surface area contributed by atoms with Crippen LogP contribution < -0.4 is 0 Å². The molecule has 0 aliphatic rings. The summed E-state index contributed by atoms with van der Waals surface area (Å²) in [6, 6.07) is 5.68. The lowest BCUT2D eigenvalue weighted by atomic mass is 10.1. The van der Waals surface area contributed by atoms with Gasteiger partial charge in [0.2, 0.25) is 11.7 Å². The molecule has 1 heterocycles. The van der Waals surface area contributed by atoms with Crippen LogP contribution in [0.2, 0.25) is 0 Å². The summed E-state index contributed by atoms with van der Waals surface area (Å²) in [7, 11) is 0. The quantitative estimate of drug-likeness (QED) is 0.835. The van der Waals surface area contributed by atoms with E-state index in [1.165, 1.54) is 12.1 Å². The second kappa shape index (κ2) is 5.64. The summed E-state index contributed by atoms with van der Waals surface area (Å²) in [5.41, 5.74) is 0.744. The van der Waals surface area contributed by atoms with E-state index in [-0.39, 0.29) is 24.0 Å². The summed E-state index contributed by atoms with van der Waals surface area (Å²) in [6.07, 6.45) is -3.37. The number of halogens is 3. The Morgan fingerprint density at radius 3 is 2.58 bits per heavy atom. The molecular weight excluding hydrogens is 261 g/mol. The molecule has 0 amide bonds. The maximum Gasteiger partial charge on any atom is 0.296 e. The molecule has 0 N–H and O–H groups in total. The number of hydrogen-bond acceptors (Lipinski definition) is 4. The second-order valence-electron chi connectivity index (χ2n) is 3.85. The molecule has 0 saturated heterocycles. The summed E-state index contributed by atoms with van der Waals surface area (Å²) in [4.78, 5) is 14.6. The van der Waals surface area contributed by atoms with Crippen molar-refractivity contribution in [3.63, 3.8) is 0 Å². The Balaban J connectivity index is 2.01. The largest absolute Gasteiger partial charge is 0.339 e. The molecule has 0 saturated carbocycles. The van der Waals surface area contributed by atoms with Gasteiger partial charge in [-0.3, -0.25) is 4.79 Å². The van der Waals surface area contributed by atoms with Gasteiger partial charge in [0, 0.05) is 6.42 Å². The van der Waals surface area contributed by atoms with Crippen LogP contribution in [0, 0.1) is 5.82 Å². The number of carbonyl (C=O) groups is 1. The lowest BCUT2D eigenvalue weighted by molar-refractivity contribution is -0.129. The van der Waals surface area contributed by atoms with E-state index in [9.17, 15) is 18.0 Å². The third kappa shape index (κ3) is 3.64. The Bertz CT molecular complexity index is 567. The zero-order valence-electron chi connectivity index (χ0n) is 9.65. The van der Waals surface area contributed by atoms with Crippen molar-refractivity contribution in [3.05, 3.63) is 47.4 Å². The van der Waals surface area contributed by atoms with Gasteiger partial charge < -0.3 is 4.52 Å². The first-order chi connectivity index (χ1) is 9.04. The van der Waals surface area contributed by atoms with E-state index >= 15 is 0 Å². The highest BCUT2D eigenvalue weighted by Crippen LogP contribution is 2.09. The average molecular weight is 270 g/mol. The Kier molecular flexibility index (Phi) is 3.94. The molecule has 0 bridgehead atoms. The van der Waals surface area contributed by atoms with Crippen molar-refractivity contribution in [2.75, 3.05) is 0 Å². The first kappa shape index (κ1) is 13.3. The molecule has 1 aromatic heterocycles. The number of ketones is 1. The monoisotopic (exact) mass is 270 g/mol. The van der Waals surface area contributed by atoms with Gasteiger partial charge in [-0.25, -0.2) is 13.2 Å². The first-order valence-corrected chi connectivity index (χ1v) is 5.41. The van der Waals surface area contributed by atoms with Crippen molar-refractivity contribution in [1.82, 2.24) is 10.1 Å². The molecule has 7 heteroatoms. The number of Topliss-reactive ketones (excluding diaryl/α,β-unsaturated/α-hetero) is 1. The van der Waals surface area contributed by atoms with Crippen molar-refractivity contribution < 1.29 is 22.5 Å². The Morgan fingerprint density at radius 1 is 1.26 bits per heavy atom. The summed E-state index contributed by atoms with van der Waals surface area (Å²) in [5.74, 6) is -1.52. The van der Waals surface area contributed by atoms with Crippen molar-refractivity contribution in [1.29, 1.82) is 0 Å².